The first-order valence-electron chi connectivity index (χ1n) is 10.4. The van der Waals surface area contributed by atoms with Gasteiger partial charge in [0, 0.05) is 4.88 Å². The van der Waals surface area contributed by atoms with E-state index in [9.17, 15) is 31.5 Å². The van der Waals surface area contributed by atoms with Crippen LogP contribution >= 0.6 is 11.3 Å². The number of carbonyl (C=O) groups is 2. The molecule has 3 aromatic rings. The third-order valence-electron chi connectivity index (χ3n) is 5.68. The molecule has 2 aromatic carbocycles. The van der Waals surface area contributed by atoms with E-state index in [2.05, 4.69) is 5.32 Å². The number of fused-ring (bicyclic) bond motifs is 1. The second kappa shape index (κ2) is 9.54. The second-order valence-corrected chi connectivity index (χ2v) is 8.78. The van der Waals surface area contributed by atoms with Gasteiger partial charge in [-0.1, -0.05) is 30.3 Å². The zero-order chi connectivity index (χ0) is 24.6. The molecular weight excluding hydrogens is 477 g/mol. The zero-order valence-electron chi connectivity index (χ0n) is 17.8. The molecule has 0 radical (unpaired) electrons. The van der Waals surface area contributed by atoms with Gasteiger partial charge in [0.1, 0.15) is 10.6 Å². The SMILES string of the molecule is CCOC(=O)c1c(NC(=O)c2c(F)c(F)c(F)c(F)c2F)sc2c1CC[C@H](c1ccccc1)C2. The minimum atomic E-state index is -2.36. The van der Waals surface area contributed by atoms with Crippen LogP contribution in [0.2, 0.25) is 0 Å². The van der Waals surface area contributed by atoms with Crippen molar-refractivity contribution >= 4 is 28.2 Å². The van der Waals surface area contributed by atoms with Crippen molar-refractivity contribution in [2.75, 3.05) is 11.9 Å². The fourth-order valence-corrected chi connectivity index (χ4v) is 5.38. The molecule has 1 aromatic heterocycles. The highest BCUT2D eigenvalue weighted by atomic mass is 32.1. The molecule has 0 saturated carbocycles. The van der Waals surface area contributed by atoms with E-state index in [0.717, 1.165) is 21.8 Å². The summed E-state index contributed by atoms with van der Waals surface area (Å²) in [7, 11) is 0. The lowest BCUT2D eigenvalue weighted by atomic mass is 9.83. The average molecular weight is 495 g/mol. The van der Waals surface area contributed by atoms with Crippen LogP contribution in [0.15, 0.2) is 30.3 Å². The third-order valence-corrected chi connectivity index (χ3v) is 6.85. The van der Waals surface area contributed by atoms with Crippen molar-refractivity contribution in [2.24, 2.45) is 0 Å². The molecular formula is C24H18F5NO3S. The summed E-state index contributed by atoms with van der Waals surface area (Å²) < 4.78 is 73.9. The third kappa shape index (κ3) is 4.18. The molecule has 1 aliphatic rings. The van der Waals surface area contributed by atoms with Gasteiger partial charge in [0.15, 0.2) is 23.3 Å². The molecule has 178 valence electrons. The van der Waals surface area contributed by atoms with E-state index in [0.29, 0.717) is 24.8 Å². The van der Waals surface area contributed by atoms with E-state index in [1.807, 2.05) is 30.3 Å². The first-order chi connectivity index (χ1) is 16.2. The minimum absolute atomic E-state index is 0.0329. The molecule has 1 atom stereocenters. The second-order valence-electron chi connectivity index (χ2n) is 7.68. The zero-order valence-corrected chi connectivity index (χ0v) is 18.6. The van der Waals surface area contributed by atoms with Crippen LogP contribution < -0.4 is 5.32 Å². The fourth-order valence-electron chi connectivity index (χ4n) is 4.07. The van der Waals surface area contributed by atoms with E-state index in [1.165, 1.54) is 0 Å². The van der Waals surface area contributed by atoms with E-state index >= 15 is 0 Å². The lowest BCUT2D eigenvalue weighted by Gasteiger charge is -2.23. The van der Waals surface area contributed by atoms with Crippen molar-refractivity contribution in [1.82, 2.24) is 0 Å². The van der Waals surface area contributed by atoms with Gasteiger partial charge in [-0.15, -0.1) is 11.3 Å². The maximum Gasteiger partial charge on any atom is 0.341 e. The highest BCUT2D eigenvalue weighted by Gasteiger charge is 2.34. The van der Waals surface area contributed by atoms with Gasteiger partial charge in [0.05, 0.1) is 12.2 Å². The largest absolute Gasteiger partial charge is 0.462 e. The molecule has 0 spiro atoms. The van der Waals surface area contributed by atoms with Crippen LogP contribution in [0.3, 0.4) is 0 Å². The molecule has 4 rings (SSSR count). The van der Waals surface area contributed by atoms with Crippen LogP contribution in [0.25, 0.3) is 0 Å². The molecule has 1 N–H and O–H groups in total. The molecule has 0 bridgehead atoms. The monoisotopic (exact) mass is 495 g/mol. The number of esters is 1. The summed E-state index contributed by atoms with van der Waals surface area (Å²) in [5.41, 5.74) is 0.153. The highest BCUT2D eigenvalue weighted by Crippen LogP contribution is 2.43. The maximum absolute atomic E-state index is 14.1. The Kier molecular flexibility index (Phi) is 6.70. The number of hydrogen-bond donors (Lipinski definition) is 1. The predicted molar refractivity (Wildman–Crippen MR) is 116 cm³/mol. The van der Waals surface area contributed by atoms with E-state index in [1.54, 1.807) is 6.92 Å². The standard InChI is InChI=1S/C24H18F5NO3S/c1-2-33-24(32)15-13-9-8-12(11-6-4-3-5-7-11)10-14(13)34-23(15)30-22(31)16-17(25)19(27)21(29)20(28)18(16)26/h3-7,12H,2,8-10H2,1H3,(H,30,31)/t12-/m0/s1. The number of rotatable bonds is 5. The smallest absolute Gasteiger partial charge is 0.341 e. The number of nitrogens with one attached hydrogen (secondary N) is 1. The maximum atomic E-state index is 14.1. The summed E-state index contributed by atoms with van der Waals surface area (Å²) in [6, 6.07) is 9.70. The van der Waals surface area contributed by atoms with Crippen LogP contribution in [-0.4, -0.2) is 18.5 Å². The quantitative estimate of drug-likeness (QED) is 0.200. The predicted octanol–water partition coefficient (Wildman–Crippen LogP) is 6.15. The Balaban J connectivity index is 1.72. The normalized spacial score (nSPS) is 15.1. The topological polar surface area (TPSA) is 55.4 Å². The number of hydrogen-bond acceptors (Lipinski definition) is 4. The van der Waals surface area contributed by atoms with E-state index < -0.39 is 46.5 Å². The number of anilines is 1. The molecule has 1 amide bonds. The van der Waals surface area contributed by atoms with Gasteiger partial charge in [-0.3, -0.25) is 4.79 Å². The van der Waals surface area contributed by atoms with Crippen LogP contribution in [0.4, 0.5) is 27.0 Å². The number of ether oxygens (including phenoxy) is 1. The Morgan fingerprint density at radius 1 is 0.971 bits per heavy atom. The number of thiophene rings is 1. The lowest BCUT2D eigenvalue weighted by Crippen LogP contribution is -2.20. The van der Waals surface area contributed by atoms with Crippen molar-refractivity contribution in [3.63, 3.8) is 0 Å². The van der Waals surface area contributed by atoms with Crippen molar-refractivity contribution in [1.29, 1.82) is 0 Å². The Morgan fingerprint density at radius 3 is 2.21 bits per heavy atom. The molecule has 1 heterocycles. The number of halogens is 5. The summed E-state index contributed by atoms with van der Waals surface area (Å²) >= 11 is 1.02. The van der Waals surface area contributed by atoms with Crippen molar-refractivity contribution in [3.8, 4) is 0 Å². The fraction of sp³-hybridized carbons (Fsp3) is 0.250. The summed E-state index contributed by atoms with van der Waals surface area (Å²) in [5, 5.41) is 2.11. The molecule has 0 aliphatic heterocycles. The Labute approximate surface area is 195 Å². The summed E-state index contributed by atoms with van der Waals surface area (Å²) in [5.74, 6) is -13.5. The van der Waals surface area contributed by atoms with Crippen LogP contribution in [0.1, 0.15) is 56.0 Å². The molecule has 1 aliphatic carbocycles. The highest BCUT2D eigenvalue weighted by molar-refractivity contribution is 7.17. The summed E-state index contributed by atoms with van der Waals surface area (Å²) in [6.07, 6.45) is 1.75. The van der Waals surface area contributed by atoms with Crippen LogP contribution in [0, 0.1) is 29.1 Å². The van der Waals surface area contributed by atoms with Crippen LogP contribution in [0.5, 0.6) is 0 Å². The van der Waals surface area contributed by atoms with Gasteiger partial charge in [-0.25, -0.2) is 26.7 Å². The van der Waals surface area contributed by atoms with Gasteiger partial charge in [-0.2, -0.15) is 0 Å². The summed E-state index contributed by atoms with van der Waals surface area (Å²) in [4.78, 5) is 26.1. The van der Waals surface area contributed by atoms with Crippen LogP contribution in [-0.2, 0) is 17.6 Å². The Hall–Kier alpha value is -3.27. The van der Waals surface area contributed by atoms with Gasteiger partial charge in [0.2, 0.25) is 5.82 Å². The van der Waals surface area contributed by atoms with Crippen molar-refractivity contribution in [3.05, 3.63) is 86.5 Å². The molecule has 10 heteroatoms. The molecule has 4 nitrogen and oxygen atoms in total. The molecule has 34 heavy (non-hydrogen) atoms. The van der Waals surface area contributed by atoms with Gasteiger partial charge < -0.3 is 10.1 Å². The first kappa shape index (κ1) is 23.9. The van der Waals surface area contributed by atoms with Gasteiger partial charge in [-0.05, 0) is 43.2 Å². The Morgan fingerprint density at radius 2 is 1.59 bits per heavy atom. The number of amides is 1. The molecule has 0 unspecified atom stereocenters. The Bertz CT molecular complexity index is 1250. The van der Waals surface area contributed by atoms with Crippen molar-refractivity contribution < 1.29 is 36.3 Å². The number of carbonyl (C=O) groups excluding carboxylic acids is 2. The first-order valence-corrected chi connectivity index (χ1v) is 11.3. The average Bonchev–Trinajstić information content (AvgIpc) is 3.19. The summed E-state index contributed by atoms with van der Waals surface area (Å²) in [6.45, 7) is 1.64. The van der Waals surface area contributed by atoms with Gasteiger partial charge in [0.25, 0.3) is 5.91 Å². The minimum Gasteiger partial charge on any atom is -0.462 e. The molecule has 0 fully saturated rings. The lowest BCUT2D eigenvalue weighted by molar-refractivity contribution is 0.0526. The van der Waals surface area contributed by atoms with Crippen molar-refractivity contribution in [2.45, 2.75) is 32.1 Å². The molecule has 0 saturated heterocycles. The van der Waals surface area contributed by atoms with E-state index in [-0.39, 0.29) is 23.1 Å². The van der Waals surface area contributed by atoms with E-state index in [4.69, 9.17) is 4.74 Å². The van der Waals surface area contributed by atoms with Gasteiger partial charge >= 0.3 is 5.97 Å². The number of benzene rings is 2.